The fourth-order valence-electron chi connectivity index (χ4n) is 1.78. The van der Waals surface area contributed by atoms with Crippen LogP contribution in [0.15, 0.2) is 22.7 Å². The molecule has 5 nitrogen and oxygen atoms in total. The summed E-state index contributed by atoms with van der Waals surface area (Å²) in [5.74, 6) is 1.17. The molecular weight excluding hydrogens is 378 g/mol. The third kappa shape index (κ3) is 5.50. The lowest BCUT2D eigenvalue weighted by Crippen LogP contribution is -2.44. The van der Waals surface area contributed by atoms with Gasteiger partial charge in [-0.1, -0.05) is 22.0 Å². The van der Waals surface area contributed by atoms with Crippen molar-refractivity contribution in [1.82, 2.24) is 10.6 Å². The Bertz CT molecular complexity index is 524. The van der Waals surface area contributed by atoms with Gasteiger partial charge in [0, 0.05) is 21.8 Å². The number of benzene rings is 1. The highest BCUT2D eigenvalue weighted by Gasteiger charge is 2.22. The number of halogens is 2. The van der Waals surface area contributed by atoms with Crippen molar-refractivity contribution in [2.75, 3.05) is 23.5 Å². The number of aryl methyl sites for hydroxylation is 1. The van der Waals surface area contributed by atoms with E-state index in [1.807, 2.05) is 25.1 Å². The molecule has 1 aliphatic rings. The van der Waals surface area contributed by atoms with Gasteiger partial charge < -0.3 is 10.6 Å². The molecule has 1 unspecified atom stereocenters. The molecule has 8 heteroatoms. The Kier molecular flexibility index (Phi) is 7.51. The number of hydrogen-bond donors (Lipinski definition) is 3. The zero-order valence-corrected chi connectivity index (χ0v) is 14.7. The minimum Gasteiger partial charge on any atom is -0.346 e. The first kappa shape index (κ1) is 18.3. The van der Waals surface area contributed by atoms with Crippen LogP contribution in [0.5, 0.6) is 0 Å². The topological polar surface area (TPSA) is 70.2 Å². The molecule has 2 amide bonds. The third-order valence-electron chi connectivity index (χ3n) is 2.93. The second-order valence-corrected chi connectivity index (χ2v) is 6.44. The van der Waals surface area contributed by atoms with Crippen LogP contribution in [0.2, 0.25) is 0 Å². The molecule has 0 spiro atoms. The number of thioether (sulfide) groups is 1. The summed E-state index contributed by atoms with van der Waals surface area (Å²) in [6.45, 7) is 1.90. The number of carbonyl (C=O) groups is 2. The van der Waals surface area contributed by atoms with Crippen molar-refractivity contribution in [2.45, 2.75) is 13.0 Å². The number of amides is 2. The summed E-state index contributed by atoms with van der Waals surface area (Å²) in [6.07, 6.45) is 0. The minimum absolute atomic E-state index is 0. The van der Waals surface area contributed by atoms with Gasteiger partial charge in [0.1, 0.15) is 0 Å². The van der Waals surface area contributed by atoms with E-state index >= 15 is 0 Å². The van der Waals surface area contributed by atoms with E-state index in [0.717, 1.165) is 27.4 Å². The largest absolute Gasteiger partial charge is 0.346 e. The van der Waals surface area contributed by atoms with Gasteiger partial charge in [-0.3, -0.25) is 14.9 Å². The quantitative estimate of drug-likeness (QED) is 0.729. The molecule has 1 atom stereocenters. The average molecular weight is 395 g/mol. The smallest absolute Gasteiger partial charge is 0.243 e. The lowest BCUT2D eigenvalue weighted by molar-refractivity contribution is -0.125. The summed E-state index contributed by atoms with van der Waals surface area (Å²) in [6, 6.07) is 5.47. The zero-order chi connectivity index (χ0) is 14.5. The van der Waals surface area contributed by atoms with Crippen molar-refractivity contribution in [3.63, 3.8) is 0 Å². The highest BCUT2D eigenvalue weighted by atomic mass is 79.9. The molecule has 1 heterocycles. The third-order valence-corrected chi connectivity index (χ3v) is 4.36. The average Bonchev–Trinajstić information content (AvgIpc) is 2.94. The molecule has 0 bridgehead atoms. The summed E-state index contributed by atoms with van der Waals surface area (Å²) in [5.41, 5.74) is 1.72. The van der Waals surface area contributed by atoms with E-state index < -0.39 is 0 Å². The molecule has 1 fully saturated rings. The number of nitrogens with one attached hydrogen (secondary N) is 3. The standard InChI is InChI=1S/C13H16BrN3O2S.ClH/c1-8-2-3-9(14)4-10(8)17-12(18)5-15-13(19)11-6-20-7-16-11;/h2-4,11,16H,5-7H2,1H3,(H,15,19)(H,17,18);1H. The van der Waals surface area contributed by atoms with Gasteiger partial charge in [-0.25, -0.2) is 0 Å². The minimum atomic E-state index is -0.231. The number of hydrogen-bond acceptors (Lipinski definition) is 4. The van der Waals surface area contributed by atoms with E-state index in [0.29, 0.717) is 0 Å². The molecule has 0 radical (unpaired) electrons. The van der Waals surface area contributed by atoms with E-state index in [2.05, 4.69) is 31.9 Å². The van der Waals surface area contributed by atoms with E-state index in [9.17, 15) is 9.59 Å². The monoisotopic (exact) mass is 393 g/mol. The van der Waals surface area contributed by atoms with Crippen LogP contribution in [0.1, 0.15) is 5.56 Å². The Labute approximate surface area is 142 Å². The SMILES string of the molecule is Cc1ccc(Br)cc1NC(=O)CNC(=O)C1CSCN1.Cl. The Morgan fingerprint density at radius 1 is 1.48 bits per heavy atom. The number of anilines is 1. The van der Waals surface area contributed by atoms with Crippen LogP contribution in [0.4, 0.5) is 5.69 Å². The second-order valence-electron chi connectivity index (χ2n) is 4.50. The maximum Gasteiger partial charge on any atom is 0.243 e. The second kappa shape index (κ2) is 8.63. The molecule has 0 saturated carbocycles. The molecule has 21 heavy (non-hydrogen) atoms. The fraction of sp³-hybridized carbons (Fsp3) is 0.385. The summed E-state index contributed by atoms with van der Waals surface area (Å²) < 4.78 is 0.898. The van der Waals surface area contributed by atoms with Crippen molar-refractivity contribution in [2.24, 2.45) is 0 Å². The maximum atomic E-state index is 11.8. The lowest BCUT2D eigenvalue weighted by atomic mass is 10.2. The highest BCUT2D eigenvalue weighted by Crippen LogP contribution is 2.20. The Morgan fingerprint density at radius 3 is 2.90 bits per heavy atom. The highest BCUT2D eigenvalue weighted by molar-refractivity contribution is 9.10. The molecule has 0 aromatic heterocycles. The van der Waals surface area contributed by atoms with Gasteiger partial charge in [0.25, 0.3) is 0 Å². The molecule has 1 saturated heterocycles. The van der Waals surface area contributed by atoms with Crippen LogP contribution in [-0.4, -0.2) is 36.0 Å². The summed E-state index contributed by atoms with van der Waals surface area (Å²) >= 11 is 5.03. The molecule has 1 aromatic rings. The van der Waals surface area contributed by atoms with Gasteiger partial charge in [0.05, 0.1) is 12.6 Å². The molecule has 1 aliphatic heterocycles. The normalized spacial score (nSPS) is 17.0. The Morgan fingerprint density at radius 2 is 2.24 bits per heavy atom. The van der Waals surface area contributed by atoms with Crippen LogP contribution in [0.3, 0.4) is 0 Å². The first-order valence-electron chi connectivity index (χ1n) is 6.21. The van der Waals surface area contributed by atoms with Gasteiger partial charge in [0.15, 0.2) is 0 Å². The van der Waals surface area contributed by atoms with E-state index in [-0.39, 0.29) is 36.8 Å². The molecule has 116 valence electrons. The Balaban J connectivity index is 0.00000220. The van der Waals surface area contributed by atoms with Gasteiger partial charge in [-0.2, -0.15) is 0 Å². The summed E-state index contributed by atoms with van der Waals surface area (Å²) in [7, 11) is 0. The number of carbonyl (C=O) groups excluding carboxylic acids is 2. The van der Waals surface area contributed by atoms with E-state index in [1.54, 1.807) is 11.8 Å². The maximum absolute atomic E-state index is 11.8. The van der Waals surface area contributed by atoms with Crippen LogP contribution >= 0.6 is 40.1 Å². The van der Waals surface area contributed by atoms with Crippen molar-refractivity contribution in [3.05, 3.63) is 28.2 Å². The lowest BCUT2D eigenvalue weighted by Gasteiger charge is -2.12. The molecule has 0 aliphatic carbocycles. The molecule has 2 rings (SSSR count). The van der Waals surface area contributed by atoms with E-state index in [4.69, 9.17) is 0 Å². The van der Waals surface area contributed by atoms with Crippen LogP contribution in [0, 0.1) is 6.92 Å². The van der Waals surface area contributed by atoms with Crippen molar-refractivity contribution < 1.29 is 9.59 Å². The molecule has 3 N–H and O–H groups in total. The van der Waals surface area contributed by atoms with Crippen LogP contribution < -0.4 is 16.0 Å². The van der Waals surface area contributed by atoms with Gasteiger partial charge in [-0.05, 0) is 24.6 Å². The first-order valence-corrected chi connectivity index (χ1v) is 8.16. The Hall–Kier alpha value is -0.760. The predicted molar refractivity (Wildman–Crippen MR) is 92.0 cm³/mol. The van der Waals surface area contributed by atoms with Crippen LogP contribution in [-0.2, 0) is 9.59 Å². The summed E-state index contributed by atoms with van der Waals surface area (Å²) in [5, 5.41) is 8.49. The van der Waals surface area contributed by atoms with Gasteiger partial charge in [-0.15, -0.1) is 24.2 Å². The zero-order valence-electron chi connectivity index (χ0n) is 11.4. The van der Waals surface area contributed by atoms with Crippen LogP contribution in [0.25, 0.3) is 0 Å². The van der Waals surface area contributed by atoms with Crippen molar-refractivity contribution >= 4 is 57.6 Å². The molecular formula is C13H17BrClN3O2S. The summed E-state index contributed by atoms with van der Waals surface area (Å²) in [4.78, 5) is 23.6. The van der Waals surface area contributed by atoms with Gasteiger partial charge in [0.2, 0.25) is 11.8 Å². The fourth-order valence-corrected chi connectivity index (χ4v) is 3.08. The van der Waals surface area contributed by atoms with Gasteiger partial charge >= 0.3 is 0 Å². The van der Waals surface area contributed by atoms with E-state index in [1.165, 1.54) is 0 Å². The number of rotatable bonds is 4. The first-order chi connectivity index (χ1) is 9.56. The van der Waals surface area contributed by atoms with Crippen molar-refractivity contribution in [1.29, 1.82) is 0 Å². The van der Waals surface area contributed by atoms with Crippen molar-refractivity contribution in [3.8, 4) is 0 Å². The molecule has 1 aromatic carbocycles. The predicted octanol–water partition coefficient (Wildman–Crippen LogP) is 1.90.